The van der Waals surface area contributed by atoms with Crippen LogP contribution in [0.5, 0.6) is 11.5 Å². The van der Waals surface area contributed by atoms with Crippen molar-refractivity contribution in [2.24, 2.45) is 0 Å². The van der Waals surface area contributed by atoms with Crippen LogP contribution in [0.4, 0.5) is 5.82 Å². The minimum atomic E-state index is 0.674. The molecule has 1 aromatic carbocycles. The van der Waals surface area contributed by atoms with E-state index in [1.54, 1.807) is 14.2 Å². The summed E-state index contributed by atoms with van der Waals surface area (Å²) in [6.45, 7) is 5.27. The van der Waals surface area contributed by atoms with Gasteiger partial charge in [-0.2, -0.15) is 0 Å². The maximum atomic E-state index is 5.43. The molecule has 0 atom stereocenters. The molecule has 0 spiro atoms. The molecule has 2 heterocycles. The molecule has 1 fully saturated rings. The standard InChI is InChI=1S/C18H23N3O3/c1-4-14-12-17(21-7-9-24-10-8-21)20-18(19-14)13-5-6-15(22-2)16(11-13)23-3/h5-6,11-12H,4,7-10H2,1-3H3. The molecule has 3 rings (SSSR count). The van der Waals surface area contributed by atoms with E-state index in [4.69, 9.17) is 19.2 Å². The second-order valence-electron chi connectivity index (χ2n) is 5.56. The summed E-state index contributed by atoms with van der Waals surface area (Å²) in [6, 6.07) is 7.82. The summed E-state index contributed by atoms with van der Waals surface area (Å²) < 4.78 is 16.1. The van der Waals surface area contributed by atoms with E-state index in [1.807, 2.05) is 18.2 Å². The molecule has 128 valence electrons. The number of aryl methyl sites for hydroxylation is 1. The number of benzene rings is 1. The molecule has 1 saturated heterocycles. The number of rotatable bonds is 5. The molecule has 0 unspecified atom stereocenters. The average Bonchev–Trinajstić information content (AvgIpc) is 2.67. The van der Waals surface area contributed by atoms with Gasteiger partial charge in [0.25, 0.3) is 0 Å². The van der Waals surface area contributed by atoms with Crippen LogP contribution in [0.15, 0.2) is 24.3 Å². The lowest BCUT2D eigenvalue weighted by Gasteiger charge is -2.28. The summed E-state index contributed by atoms with van der Waals surface area (Å²) in [5, 5.41) is 0. The van der Waals surface area contributed by atoms with Crippen molar-refractivity contribution >= 4 is 5.82 Å². The zero-order chi connectivity index (χ0) is 16.9. The predicted molar refractivity (Wildman–Crippen MR) is 93.0 cm³/mol. The summed E-state index contributed by atoms with van der Waals surface area (Å²) >= 11 is 0. The Balaban J connectivity index is 2.00. The number of hydrogen-bond acceptors (Lipinski definition) is 6. The van der Waals surface area contributed by atoms with Gasteiger partial charge in [-0.15, -0.1) is 0 Å². The van der Waals surface area contributed by atoms with Crippen LogP contribution in [-0.2, 0) is 11.2 Å². The number of ether oxygens (including phenoxy) is 3. The van der Waals surface area contributed by atoms with Crippen molar-refractivity contribution < 1.29 is 14.2 Å². The van der Waals surface area contributed by atoms with Gasteiger partial charge < -0.3 is 19.1 Å². The van der Waals surface area contributed by atoms with Gasteiger partial charge in [-0.05, 0) is 24.6 Å². The average molecular weight is 329 g/mol. The van der Waals surface area contributed by atoms with Crippen molar-refractivity contribution in [1.82, 2.24) is 9.97 Å². The van der Waals surface area contributed by atoms with Crippen LogP contribution in [0.1, 0.15) is 12.6 Å². The van der Waals surface area contributed by atoms with Crippen LogP contribution >= 0.6 is 0 Å². The van der Waals surface area contributed by atoms with Crippen molar-refractivity contribution in [3.05, 3.63) is 30.0 Å². The molecule has 0 amide bonds. The van der Waals surface area contributed by atoms with Crippen molar-refractivity contribution in [2.45, 2.75) is 13.3 Å². The van der Waals surface area contributed by atoms with Gasteiger partial charge in [0.05, 0.1) is 27.4 Å². The number of methoxy groups -OCH3 is 2. The molecular formula is C18H23N3O3. The third kappa shape index (κ3) is 3.43. The number of aromatic nitrogens is 2. The lowest BCUT2D eigenvalue weighted by atomic mass is 10.1. The first-order valence-corrected chi connectivity index (χ1v) is 8.18. The fourth-order valence-electron chi connectivity index (χ4n) is 2.72. The SMILES string of the molecule is CCc1cc(N2CCOCC2)nc(-c2ccc(OC)c(OC)c2)n1. The first-order valence-electron chi connectivity index (χ1n) is 8.18. The summed E-state index contributed by atoms with van der Waals surface area (Å²) in [7, 11) is 3.26. The number of morpholine rings is 1. The third-order valence-corrected chi connectivity index (χ3v) is 4.10. The second-order valence-corrected chi connectivity index (χ2v) is 5.56. The Labute approximate surface area is 142 Å². The van der Waals surface area contributed by atoms with Crippen LogP contribution < -0.4 is 14.4 Å². The molecular weight excluding hydrogens is 306 g/mol. The quantitative estimate of drug-likeness (QED) is 0.840. The van der Waals surface area contributed by atoms with E-state index < -0.39 is 0 Å². The maximum absolute atomic E-state index is 5.43. The van der Waals surface area contributed by atoms with Crippen LogP contribution in [0.3, 0.4) is 0 Å². The van der Waals surface area contributed by atoms with E-state index in [0.29, 0.717) is 17.3 Å². The number of hydrogen-bond donors (Lipinski definition) is 0. The molecule has 0 radical (unpaired) electrons. The van der Waals surface area contributed by atoms with Gasteiger partial charge >= 0.3 is 0 Å². The fourth-order valence-corrected chi connectivity index (χ4v) is 2.72. The van der Waals surface area contributed by atoms with Gasteiger partial charge in [0.2, 0.25) is 0 Å². The summed E-state index contributed by atoms with van der Waals surface area (Å²) in [5.74, 6) is 3.03. The Morgan fingerprint density at radius 3 is 2.46 bits per heavy atom. The maximum Gasteiger partial charge on any atom is 0.161 e. The molecule has 2 aromatic rings. The molecule has 6 nitrogen and oxygen atoms in total. The molecule has 24 heavy (non-hydrogen) atoms. The van der Waals surface area contributed by atoms with Crippen LogP contribution in [0, 0.1) is 0 Å². The largest absolute Gasteiger partial charge is 0.493 e. The number of nitrogens with zero attached hydrogens (tertiary/aromatic N) is 3. The molecule has 0 bridgehead atoms. The van der Waals surface area contributed by atoms with Gasteiger partial charge in [-0.25, -0.2) is 9.97 Å². The zero-order valence-corrected chi connectivity index (χ0v) is 14.4. The Kier molecular flexibility index (Phi) is 5.15. The number of anilines is 1. The molecule has 0 aliphatic carbocycles. The van der Waals surface area contributed by atoms with Crippen LogP contribution in [0.25, 0.3) is 11.4 Å². The summed E-state index contributed by atoms with van der Waals surface area (Å²) in [6.07, 6.45) is 0.861. The lowest BCUT2D eigenvalue weighted by Crippen LogP contribution is -2.37. The Morgan fingerprint density at radius 1 is 1.04 bits per heavy atom. The fraction of sp³-hybridized carbons (Fsp3) is 0.444. The van der Waals surface area contributed by atoms with Gasteiger partial charge in [0.1, 0.15) is 5.82 Å². The first kappa shape index (κ1) is 16.5. The Bertz CT molecular complexity index is 700. The van der Waals surface area contributed by atoms with Crippen molar-refractivity contribution in [3.8, 4) is 22.9 Å². The van der Waals surface area contributed by atoms with Crippen molar-refractivity contribution in [3.63, 3.8) is 0 Å². The van der Waals surface area contributed by atoms with Gasteiger partial charge in [0, 0.05) is 30.4 Å². The van der Waals surface area contributed by atoms with E-state index in [0.717, 1.165) is 49.8 Å². The normalized spacial score (nSPS) is 14.5. The summed E-state index contributed by atoms with van der Waals surface area (Å²) in [4.78, 5) is 11.7. The van der Waals surface area contributed by atoms with Crippen molar-refractivity contribution in [1.29, 1.82) is 0 Å². The molecule has 1 aliphatic rings. The lowest BCUT2D eigenvalue weighted by molar-refractivity contribution is 0.122. The second kappa shape index (κ2) is 7.49. The topological polar surface area (TPSA) is 56.7 Å². The summed E-state index contributed by atoms with van der Waals surface area (Å²) in [5.41, 5.74) is 1.94. The van der Waals surface area contributed by atoms with E-state index in [-0.39, 0.29) is 0 Å². The highest BCUT2D eigenvalue weighted by atomic mass is 16.5. The molecule has 0 saturated carbocycles. The molecule has 1 aliphatic heterocycles. The van der Waals surface area contributed by atoms with Gasteiger partial charge in [0.15, 0.2) is 17.3 Å². The molecule has 6 heteroatoms. The molecule has 1 aromatic heterocycles. The highest BCUT2D eigenvalue weighted by Gasteiger charge is 2.16. The van der Waals surface area contributed by atoms with Gasteiger partial charge in [-0.3, -0.25) is 0 Å². The highest BCUT2D eigenvalue weighted by Crippen LogP contribution is 2.31. The van der Waals surface area contributed by atoms with Crippen LogP contribution in [0.2, 0.25) is 0 Å². The smallest absolute Gasteiger partial charge is 0.161 e. The molecule has 0 N–H and O–H groups in total. The van der Waals surface area contributed by atoms with Crippen molar-refractivity contribution in [2.75, 3.05) is 45.4 Å². The zero-order valence-electron chi connectivity index (χ0n) is 14.4. The Hall–Kier alpha value is -2.34. The van der Waals surface area contributed by atoms with E-state index in [2.05, 4.69) is 22.9 Å². The first-order chi connectivity index (χ1) is 11.7. The predicted octanol–water partition coefficient (Wildman–Crippen LogP) is 2.56. The van der Waals surface area contributed by atoms with E-state index in [1.165, 1.54) is 0 Å². The van der Waals surface area contributed by atoms with E-state index in [9.17, 15) is 0 Å². The highest BCUT2D eigenvalue weighted by molar-refractivity contribution is 5.63. The van der Waals surface area contributed by atoms with Crippen LogP contribution in [-0.4, -0.2) is 50.5 Å². The van der Waals surface area contributed by atoms with Gasteiger partial charge in [-0.1, -0.05) is 6.92 Å². The Morgan fingerprint density at radius 2 is 1.79 bits per heavy atom. The van der Waals surface area contributed by atoms with E-state index >= 15 is 0 Å². The third-order valence-electron chi connectivity index (χ3n) is 4.10. The minimum absolute atomic E-state index is 0.674. The minimum Gasteiger partial charge on any atom is -0.493 e. The monoisotopic (exact) mass is 329 g/mol.